The van der Waals surface area contributed by atoms with Crippen LogP contribution in [0.4, 0.5) is 0 Å². The first kappa shape index (κ1) is 21.1. The van der Waals surface area contributed by atoms with Gasteiger partial charge in [-0.05, 0) is 60.9 Å². The fourth-order valence-electron chi connectivity index (χ4n) is 3.54. The van der Waals surface area contributed by atoms with Crippen molar-refractivity contribution in [3.63, 3.8) is 0 Å². The number of hydrazine groups is 1. The highest BCUT2D eigenvalue weighted by atomic mass is 35.5. The molecule has 0 spiro atoms. The molecule has 154 valence electrons. The molecule has 30 heavy (non-hydrogen) atoms. The summed E-state index contributed by atoms with van der Waals surface area (Å²) in [5.74, 6) is -0.231. The van der Waals surface area contributed by atoms with Crippen molar-refractivity contribution >= 4 is 40.7 Å². The summed E-state index contributed by atoms with van der Waals surface area (Å²) in [5.41, 5.74) is 6.40. The minimum absolute atomic E-state index is 0.231. The van der Waals surface area contributed by atoms with Crippen LogP contribution in [0.5, 0.6) is 0 Å². The lowest BCUT2D eigenvalue weighted by molar-refractivity contribution is 0.0745. The number of halogens is 3. The average molecular weight is 461 g/mol. The molecule has 1 fully saturated rings. The predicted octanol–water partition coefficient (Wildman–Crippen LogP) is 6.51. The van der Waals surface area contributed by atoms with Gasteiger partial charge in [0.05, 0.1) is 10.7 Å². The van der Waals surface area contributed by atoms with E-state index in [0.29, 0.717) is 32.0 Å². The molecular formula is C23H20Cl3N3O. The number of aromatic nitrogens is 1. The number of hydrogen-bond donors (Lipinski definition) is 1. The van der Waals surface area contributed by atoms with E-state index in [1.54, 1.807) is 18.2 Å². The Morgan fingerprint density at radius 2 is 1.50 bits per heavy atom. The normalized spacial score (nSPS) is 14.5. The van der Waals surface area contributed by atoms with E-state index in [1.807, 2.05) is 41.4 Å². The molecule has 1 saturated heterocycles. The SMILES string of the molecule is O=C(NN1CCCCC1)c1ccc(-c2ccc(Cl)cc2)c(-c2ccc(Cl)cc2Cl)n1. The molecule has 0 bridgehead atoms. The van der Waals surface area contributed by atoms with Gasteiger partial charge in [-0.3, -0.25) is 10.2 Å². The lowest BCUT2D eigenvalue weighted by Crippen LogP contribution is -2.45. The number of amides is 1. The van der Waals surface area contributed by atoms with Crippen LogP contribution in [0.2, 0.25) is 15.1 Å². The second kappa shape index (κ2) is 9.36. The Balaban J connectivity index is 1.75. The van der Waals surface area contributed by atoms with Crippen LogP contribution in [0.3, 0.4) is 0 Å². The van der Waals surface area contributed by atoms with Crippen molar-refractivity contribution in [3.8, 4) is 22.4 Å². The maximum absolute atomic E-state index is 12.8. The Hall–Kier alpha value is -2.11. The van der Waals surface area contributed by atoms with Crippen molar-refractivity contribution in [2.75, 3.05) is 13.1 Å². The van der Waals surface area contributed by atoms with Crippen LogP contribution in [0.1, 0.15) is 29.8 Å². The Morgan fingerprint density at radius 1 is 0.833 bits per heavy atom. The number of nitrogens with zero attached hydrogens (tertiary/aromatic N) is 2. The highest BCUT2D eigenvalue weighted by Gasteiger charge is 2.19. The summed E-state index contributed by atoms with van der Waals surface area (Å²) >= 11 is 18.6. The third-order valence-corrected chi connectivity index (χ3v) is 5.88. The van der Waals surface area contributed by atoms with Gasteiger partial charge in [-0.1, -0.05) is 53.4 Å². The van der Waals surface area contributed by atoms with Gasteiger partial charge in [0, 0.05) is 34.3 Å². The fraction of sp³-hybridized carbons (Fsp3) is 0.217. The standard InChI is InChI=1S/C23H20Cl3N3O/c24-16-6-4-15(5-7-16)18-10-11-21(23(30)28-29-12-2-1-3-13-29)27-22(18)19-9-8-17(25)14-20(19)26/h4-11,14H,1-3,12-13H2,(H,28,30). The van der Waals surface area contributed by atoms with Gasteiger partial charge in [-0.25, -0.2) is 9.99 Å². The van der Waals surface area contributed by atoms with Gasteiger partial charge in [0.1, 0.15) is 5.69 Å². The molecular weight excluding hydrogens is 441 g/mol. The lowest BCUT2D eigenvalue weighted by Gasteiger charge is -2.26. The topological polar surface area (TPSA) is 45.2 Å². The first-order chi connectivity index (χ1) is 14.5. The summed E-state index contributed by atoms with van der Waals surface area (Å²) in [6.45, 7) is 1.70. The van der Waals surface area contributed by atoms with Gasteiger partial charge in [-0.2, -0.15) is 0 Å². The van der Waals surface area contributed by atoms with Crippen molar-refractivity contribution < 1.29 is 4.79 Å². The highest BCUT2D eigenvalue weighted by Crippen LogP contribution is 2.36. The molecule has 0 atom stereocenters. The summed E-state index contributed by atoms with van der Waals surface area (Å²) in [6, 6.07) is 16.3. The first-order valence-electron chi connectivity index (χ1n) is 9.79. The summed E-state index contributed by atoms with van der Waals surface area (Å²) in [6.07, 6.45) is 3.35. The van der Waals surface area contributed by atoms with Gasteiger partial charge in [0.15, 0.2) is 0 Å². The summed E-state index contributed by atoms with van der Waals surface area (Å²) in [5, 5.41) is 3.61. The predicted molar refractivity (Wildman–Crippen MR) is 123 cm³/mol. The second-order valence-electron chi connectivity index (χ2n) is 7.21. The third kappa shape index (κ3) is 4.79. The van der Waals surface area contributed by atoms with E-state index < -0.39 is 0 Å². The van der Waals surface area contributed by atoms with Crippen LogP contribution in [0.15, 0.2) is 54.6 Å². The summed E-state index contributed by atoms with van der Waals surface area (Å²) < 4.78 is 0. The fourth-order valence-corrected chi connectivity index (χ4v) is 4.17. The van der Waals surface area contributed by atoms with Gasteiger partial charge >= 0.3 is 0 Å². The smallest absolute Gasteiger partial charge is 0.283 e. The zero-order valence-electron chi connectivity index (χ0n) is 16.2. The molecule has 4 rings (SSSR count). The van der Waals surface area contributed by atoms with E-state index in [0.717, 1.165) is 37.1 Å². The number of pyridine rings is 1. The van der Waals surface area contributed by atoms with Crippen molar-refractivity contribution in [2.24, 2.45) is 0 Å². The number of carbonyl (C=O) groups is 1. The molecule has 0 aliphatic carbocycles. The number of rotatable bonds is 4. The lowest BCUT2D eigenvalue weighted by atomic mass is 9.98. The van der Waals surface area contributed by atoms with Crippen molar-refractivity contribution in [3.05, 3.63) is 75.4 Å². The zero-order valence-corrected chi connectivity index (χ0v) is 18.4. The molecule has 1 aliphatic heterocycles. The summed E-state index contributed by atoms with van der Waals surface area (Å²) in [7, 11) is 0. The van der Waals surface area contributed by atoms with Crippen LogP contribution >= 0.6 is 34.8 Å². The Kier molecular flexibility index (Phi) is 6.59. The largest absolute Gasteiger partial charge is 0.284 e. The molecule has 1 aliphatic rings. The van der Waals surface area contributed by atoms with E-state index in [2.05, 4.69) is 5.43 Å². The average Bonchev–Trinajstić information content (AvgIpc) is 2.75. The summed E-state index contributed by atoms with van der Waals surface area (Å²) in [4.78, 5) is 17.5. The van der Waals surface area contributed by atoms with Crippen molar-refractivity contribution in [1.29, 1.82) is 0 Å². The Morgan fingerprint density at radius 3 is 2.20 bits per heavy atom. The molecule has 1 aromatic heterocycles. The molecule has 3 aromatic rings. The van der Waals surface area contributed by atoms with E-state index in [-0.39, 0.29) is 5.91 Å². The van der Waals surface area contributed by atoms with Crippen LogP contribution in [0.25, 0.3) is 22.4 Å². The van der Waals surface area contributed by atoms with Crippen molar-refractivity contribution in [2.45, 2.75) is 19.3 Å². The molecule has 0 unspecified atom stereocenters. The number of hydrogen-bond acceptors (Lipinski definition) is 3. The monoisotopic (exact) mass is 459 g/mol. The van der Waals surface area contributed by atoms with Crippen molar-refractivity contribution in [1.82, 2.24) is 15.4 Å². The molecule has 0 radical (unpaired) electrons. The Labute approximate surface area is 190 Å². The van der Waals surface area contributed by atoms with Gasteiger partial charge in [0.25, 0.3) is 5.91 Å². The zero-order chi connectivity index (χ0) is 21.1. The van der Waals surface area contributed by atoms with E-state index in [1.165, 1.54) is 6.42 Å². The van der Waals surface area contributed by atoms with Crippen LogP contribution in [-0.4, -0.2) is 29.0 Å². The van der Waals surface area contributed by atoms with Crippen LogP contribution in [-0.2, 0) is 0 Å². The number of piperidine rings is 1. The van der Waals surface area contributed by atoms with Gasteiger partial charge < -0.3 is 0 Å². The molecule has 1 amide bonds. The minimum Gasteiger partial charge on any atom is -0.283 e. The molecule has 1 N–H and O–H groups in total. The van der Waals surface area contributed by atoms with Gasteiger partial charge in [0.2, 0.25) is 0 Å². The molecule has 2 heterocycles. The van der Waals surface area contributed by atoms with Crippen LogP contribution in [0, 0.1) is 0 Å². The quantitative estimate of drug-likeness (QED) is 0.483. The maximum Gasteiger partial charge on any atom is 0.284 e. The molecule has 0 saturated carbocycles. The maximum atomic E-state index is 12.8. The van der Waals surface area contributed by atoms with E-state index in [9.17, 15) is 4.79 Å². The van der Waals surface area contributed by atoms with Crippen LogP contribution < -0.4 is 5.43 Å². The molecule has 2 aromatic carbocycles. The number of benzene rings is 2. The third-order valence-electron chi connectivity index (χ3n) is 5.09. The molecule has 7 heteroatoms. The van der Waals surface area contributed by atoms with E-state index in [4.69, 9.17) is 39.8 Å². The number of carbonyl (C=O) groups excluding carboxylic acids is 1. The van der Waals surface area contributed by atoms with E-state index >= 15 is 0 Å². The minimum atomic E-state index is -0.231. The molecule has 4 nitrogen and oxygen atoms in total. The first-order valence-corrected chi connectivity index (χ1v) is 10.9. The second-order valence-corrected chi connectivity index (χ2v) is 8.49. The highest BCUT2D eigenvalue weighted by molar-refractivity contribution is 6.36. The Bertz CT molecular complexity index is 1060. The van der Waals surface area contributed by atoms with Gasteiger partial charge in [-0.15, -0.1) is 0 Å². The number of nitrogens with one attached hydrogen (secondary N) is 1.